The molecule has 2 aromatic heterocycles. The number of nitrogens with zero attached hydrogens (tertiary/aromatic N) is 2. The zero-order valence-electron chi connectivity index (χ0n) is 17.7. The molecule has 0 aliphatic carbocycles. The van der Waals surface area contributed by atoms with Gasteiger partial charge in [-0.05, 0) is 55.8 Å². The van der Waals surface area contributed by atoms with Crippen LogP contribution in [-0.4, -0.2) is 45.1 Å². The van der Waals surface area contributed by atoms with Crippen molar-refractivity contribution in [2.24, 2.45) is 10.3 Å². The minimum Gasteiger partial charge on any atom is -0.399 e. The second kappa shape index (κ2) is 8.85. The predicted octanol–water partition coefficient (Wildman–Crippen LogP) is -0.316. The number of rotatable bonds is 3. The molecule has 0 unspecified atom stereocenters. The van der Waals surface area contributed by atoms with E-state index in [2.05, 4.69) is 25.9 Å². The number of hydrogen-bond donors (Lipinski definition) is 4. The standard InChI is InChI=1S/C11H18BN3O4S.C5H6BrN3O2S/c1-10(2)11(3,4)19-12(18-10)7-5-8(20(14,16)17)9(13)15-6-7;6-3-1-4(12(8,10)11)5(7)9-2-3/h5-6H,1-4H3,(H2,13,15)(H2,14,16,17);1-2H,(H2,7,9)(H2,8,10,11). The molecule has 16 heteroatoms. The van der Waals surface area contributed by atoms with Crippen molar-refractivity contribution < 1.29 is 26.1 Å². The molecule has 0 saturated carbocycles. The summed E-state index contributed by atoms with van der Waals surface area (Å²) in [6.45, 7) is 7.60. The first-order valence-corrected chi connectivity index (χ1v) is 12.8. The minimum atomic E-state index is -3.94. The second-order valence-corrected chi connectivity index (χ2v) is 11.8. The van der Waals surface area contributed by atoms with Gasteiger partial charge in [0.2, 0.25) is 20.0 Å². The van der Waals surface area contributed by atoms with Gasteiger partial charge in [-0.3, -0.25) is 0 Å². The Balaban J connectivity index is 0.000000258. The maximum absolute atomic E-state index is 11.5. The molecule has 176 valence electrons. The largest absolute Gasteiger partial charge is 0.496 e. The Hall–Kier alpha value is -1.82. The SMILES string of the molecule is CC1(C)OB(c2cnc(N)c(S(N)(=O)=O)c2)OC1(C)C.Nc1ncc(Br)cc1S(N)(=O)=O. The van der Waals surface area contributed by atoms with Crippen molar-refractivity contribution in [3.05, 3.63) is 29.0 Å². The lowest BCUT2D eigenvalue weighted by atomic mass is 9.80. The van der Waals surface area contributed by atoms with E-state index >= 15 is 0 Å². The van der Waals surface area contributed by atoms with Gasteiger partial charge in [0, 0.05) is 22.3 Å². The Kier molecular flexibility index (Phi) is 7.31. The first-order chi connectivity index (χ1) is 14.3. The number of nitrogens with two attached hydrogens (primary N) is 4. The Morgan fingerprint density at radius 1 is 0.844 bits per heavy atom. The summed E-state index contributed by atoms with van der Waals surface area (Å²) in [6, 6.07) is 2.64. The van der Waals surface area contributed by atoms with E-state index in [4.69, 9.17) is 31.1 Å². The third-order valence-electron chi connectivity index (χ3n) is 4.89. The molecule has 3 heterocycles. The Labute approximate surface area is 195 Å². The van der Waals surface area contributed by atoms with E-state index in [9.17, 15) is 16.8 Å². The molecule has 1 aliphatic heterocycles. The molecule has 8 N–H and O–H groups in total. The number of aromatic nitrogens is 2. The van der Waals surface area contributed by atoms with Crippen LogP contribution in [0.25, 0.3) is 0 Å². The number of pyridine rings is 2. The third kappa shape index (κ3) is 5.95. The molecule has 0 bridgehead atoms. The average Bonchev–Trinajstić information content (AvgIpc) is 2.83. The molecule has 32 heavy (non-hydrogen) atoms. The van der Waals surface area contributed by atoms with Crippen molar-refractivity contribution in [2.45, 2.75) is 48.7 Å². The van der Waals surface area contributed by atoms with Gasteiger partial charge in [-0.15, -0.1) is 0 Å². The van der Waals surface area contributed by atoms with Gasteiger partial charge in [0.15, 0.2) is 0 Å². The van der Waals surface area contributed by atoms with E-state index in [1.165, 1.54) is 24.5 Å². The maximum Gasteiger partial charge on any atom is 0.496 e. The molecule has 0 amide bonds. The molecule has 0 aromatic carbocycles. The summed E-state index contributed by atoms with van der Waals surface area (Å²) in [6.07, 6.45) is 2.82. The fourth-order valence-corrected chi connectivity index (χ4v) is 4.23. The highest BCUT2D eigenvalue weighted by molar-refractivity contribution is 9.10. The van der Waals surface area contributed by atoms with Crippen molar-refractivity contribution in [3.8, 4) is 0 Å². The molecular formula is C16H24BBrN6O6S2. The molecule has 1 aliphatic rings. The van der Waals surface area contributed by atoms with Gasteiger partial charge in [-0.25, -0.2) is 37.1 Å². The lowest BCUT2D eigenvalue weighted by Gasteiger charge is -2.32. The van der Waals surface area contributed by atoms with Crippen molar-refractivity contribution in [1.29, 1.82) is 0 Å². The predicted molar refractivity (Wildman–Crippen MR) is 123 cm³/mol. The van der Waals surface area contributed by atoms with Gasteiger partial charge in [-0.1, -0.05) is 0 Å². The van der Waals surface area contributed by atoms with Crippen molar-refractivity contribution in [1.82, 2.24) is 9.97 Å². The summed E-state index contributed by atoms with van der Waals surface area (Å²) in [4.78, 5) is 7.06. The molecule has 12 nitrogen and oxygen atoms in total. The minimum absolute atomic E-state index is 0.0966. The fourth-order valence-electron chi connectivity index (χ4n) is 2.47. The smallest absolute Gasteiger partial charge is 0.399 e. The molecule has 3 rings (SSSR count). The summed E-state index contributed by atoms with van der Waals surface area (Å²) in [7, 11) is -8.43. The van der Waals surface area contributed by atoms with Crippen LogP contribution >= 0.6 is 15.9 Å². The van der Waals surface area contributed by atoms with Crippen LogP contribution in [0, 0.1) is 0 Å². The lowest BCUT2D eigenvalue weighted by molar-refractivity contribution is 0.00578. The van der Waals surface area contributed by atoms with Gasteiger partial charge < -0.3 is 20.8 Å². The molecule has 0 radical (unpaired) electrons. The molecular weight excluding hydrogens is 527 g/mol. The van der Waals surface area contributed by atoms with Crippen LogP contribution in [0.4, 0.5) is 11.6 Å². The number of primary sulfonamides is 2. The van der Waals surface area contributed by atoms with E-state index in [0.29, 0.717) is 9.94 Å². The highest BCUT2D eigenvalue weighted by Crippen LogP contribution is 2.36. The van der Waals surface area contributed by atoms with Crippen LogP contribution in [0.1, 0.15) is 27.7 Å². The van der Waals surface area contributed by atoms with E-state index < -0.39 is 38.4 Å². The lowest BCUT2D eigenvalue weighted by Crippen LogP contribution is -2.41. The van der Waals surface area contributed by atoms with Crippen LogP contribution in [-0.2, 0) is 29.4 Å². The quantitative estimate of drug-likeness (QED) is 0.365. The highest BCUT2D eigenvalue weighted by Gasteiger charge is 2.52. The number of sulfonamides is 2. The highest BCUT2D eigenvalue weighted by atomic mass is 79.9. The maximum atomic E-state index is 11.5. The zero-order valence-corrected chi connectivity index (χ0v) is 21.0. The monoisotopic (exact) mass is 550 g/mol. The molecule has 1 saturated heterocycles. The normalized spacial score (nSPS) is 17.5. The topological polar surface area (TPSA) is 217 Å². The second-order valence-electron chi connectivity index (χ2n) is 7.87. The number of anilines is 2. The number of nitrogen functional groups attached to an aromatic ring is 2. The Morgan fingerprint density at radius 3 is 1.66 bits per heavy atom. The van der Waals surface area contributed by atoms with E-state index in [1.807, 2.05) is 27.7 Å². The van der Waals surface area contributed by atoms with Crippen LogP contribution in [0.2, 0.25) is 0 Å². The van der Waals surface area contributed by atoms with Crippen molar-refractivity contribution in [2.75, 3.05) is 11.5 Å². The van der Waals surface area contributed by atoms with E-state index in [1.54, 1.807) is 0 Å². The van der Waals surface area contributed by atoms with Crippen LogP contribution < -0.4 is 27.2 Å². The van der Waals surface area contributed by atoms with Gasteiger partial charge in [0.25, 0.3) is 0 Å². The van der Waals surface area contributed by atoms with Crippen LogP contribution in [0.5, 0.6) is 0 Å². The van der Waals surface area contributed by atoms with Crippen LogP contribution in [0.15, 0.2) is 38.8 Å². The summed E-state index contributed by atoms with van der Waals surface area (Å²) in [5.74, 6) is -0.242. The van der Waals surface area contributed by atoms with Crippen molar-refractivity contribution in [3.63, 3.8) is 0 Å². The summed E-state index contributed by atoms with van der Waals surface area (Å²) in [5, 5.41) is 9.96. The Morgan fingerprint density at radius 2 is 1.25 bits per heavy atom. The van der Waals surface area contributed by atoms with Crippen LogP contribution in [0.3, 0.4) is 0 Å². The van der Waals surface area contributed by atoms with Crippen molar-refractivity contribution >= 4 is 60.2 Å². The Bertz CT molecular complexity index is 1220. The molecule has 2 aromatic rings. The summed E-state index contributed by atoms with van der Waals surface area (Å²) >= 11 is 3.05. The fraction of sp³-hybridized carbons (Fsp3) is 0.375. The first-order valence-electron chi connectivity index (χ1n) is 8.93. The first kappa shape index (κ1) is 26.4. The molecule has 0 spiro atoms. The summed E-state index contributed by atoms with van der Waals surface area (Å²) in [5.41, 5.74) is 10.2. The van der Waals surface area contributed by atoms with Gasteiger partial charge >= 0.3 is 7.12 Å². The summed E-state index contributed by atoms with van der Waals surface area (Å²) < 4.78 is 56.7. The van der Waals surface area contributed by atoms with Gasteiger partial charge in [0.1, 0.15) is 21.4 Å². The number of halogens is 1. The zero-order chi connectivity index (χ0) is 24.7. The molecule has 0 atom stereocenters. The average molecular weight is 551 g/mol. The van der Waals surface area contributed by atoms with Gasteiger partial charge in [-0.2, -0.15) is 0 Å². The van der Waals surface area contributed by atoms with E-state index in [-0.39, 0.29) is 21.4 Å². The van der Waals surface area contributed by atoms with Gasteiger partial charge in [0.05, 0.1) is 11.2 Å². The number of hydrogen-bond acceptors (Lipinski definition) is 10. The molecule has 1 fully saturated rings. The van der Waals surface area contributed by atoms with E-state index in [0.717, 1.165) is 0 Å². The third-order valence-corrected chi connectivity index (χ3v) is 7.20.